The summed E-state index contributed by atoms with van der Waals surface area (Å²) >= 11 is 0. The minimum atomic E-state index is -0.207. The van der Waals surface area contributed by atoms with Crippen molar-refractivity contribution in [2.45, 2.75) is 6.92 Å². The predicted octanol–water partition coefficient (Wildman–Crippen LogP) is 3.93. The lowest BCUT2D eigenvalue weighted by molar-refractivity contribution is 0.629. The molecule has 2 aromatic rings. The fourth-order valence-corrected chi connectivity index (χ4v) is 1.70. The van der Waals surface area contributed by atoms with Crippen molar-refractivity contribution in [2.75, 3.05) is 0 Å². The molecular weight excluding hydrogens is 175 g/mol. The Hall–Kier alpha value is -1.63. The van der Waals surface area contributed by atoms with Gasteiger partial charge in [0.1, 0.15) is 5.82 Å². The molecule has 0 heterocycles. The third-order valence-electron chi connectivity index (χ3n) is 2.43. The van der Waals surface area contributed by atoms with Gasteiger partial charge in [0.05, 0.1) is 0 Å². The SMILES string of the molecule is C=Cc1cc(F)cc2c(C)cccc12. The van der Waals surface area contributed by atoms with Crippen molar-refractivity contribution in [2.24, 2.45) is 0 Å². The molecule has 0 amide bonds. The molecule has 0 radical (unpaired) electrons. The standard InChI is InChI=1S/C13H11F/c1-3-10-7-11(14)8-13-9(2)5-4-6-12(10)13/h3-8H,1H2,2H3. The van der Waals surface area contributed by atoms with Crippen molar-refractivity contribution in [3.8, 4) is 0 Å². The van der Waals surface area contributed by atoms with E-state index in [0.717, 1.165) is 21.9 Å². The minimum absolute atomic E-state index is 0.207. The topological polar surface area (TPSA) is 0 Å². The number of benzene rings is 2. The molecule has 0 aromatic heterocycles. The normalized spacial score (nSPS) is 10.4. The molecule has 0 nitrogen and oxygen atoms in total. The van der Waals surface area contributed by atoms with Gasteiger partial charge in [-0.1, -0.05) is 30.9 Å². The van der Waals surface area contributed by atoms with Gasteiger partial charge in [0.2, 0.25) is 0 Å². The highest BCUT2D eigenvalue weighted by Gasteiger charge is 2.02. The van der Waals surface area contributed by atoms with E-state index in [0.29, 0.717) is 0 Å². The lowest BCUT2D eigenvalue weighted by Crippen LogP contribution is -1.84. The molecule has 1 heteroatoms. The zero-order valence-electron chi connectivity index (χ0n) is 8.05. The van der Waals surface area contributed by atoms with E-state index in [4.69, 9.17) is 0 Å². The molecule has 0 saturated heterocycles. The Bertz CT molecular complexity index is 498. The second-order valence-corrected chi connectivity index (χ2v) is 3.37. The molecule has 70 valence electrons. The van der Waals surface area contributed by atoms with Gasteiger partial charge in [-0.15, -0.1) is 0 Å². The summed E-state index contributed by atoms with van der Waals surface area (Å²) in [5.41, 5.74) is 1.94. The van der Waals surface area contributed by atoms with Crippen molar-refractivity contribution in [1.82, 2.24) is 0 Å². The average molecular weight is 186 g/mol. The van der Waals surface area contributed by atoms with Crippen molar-refractivity contribution in [3.63, 3.8) is 0 Å². The number of fused-ring (bicyclic) bond motifs is 1. The number of hydrogen-bond donors (Lipinski definition) is 0. The van der Waals surface area contributed by atoms with Crippen molar-refractivity contribution >= 4 is 16.8 Å². The minimum Gasteiger partial charge on any atom is -0.207 e. The van der Waals surface area contributed by atoms with Crippen molar-refractivity contribution in [3.05, 3.63) is 53.9 Å². The maximum Gasteiger partial charge on any atom is 0.124 e. The molecule has 0 fully saturated rings. The third-order valence-corrected chi connectivity index (χ3v) is 2.43. The Balaban J connectivity index is 2.94. The zero-order chi connectivity index (χ0) is 10.1. The van der Waals surface area contributed by atoms with E-state index in [1.807, 2.05) is 25.1 Å². The first-order valence-electron chi connectivity index (χ1n) is 4.53. The van der Waals surface area contributed by atoms with Gasteiger partial charge in [-0.3, -0.25) is 0 Å². The van der Waals surface area contributed by atoms with Crippen LogP contribution in [-0.2, 0) is 0 Å². The summed E-state index contributed by atoms with van der Waals surface area (Å²) < 4.78 is 13.2. The van der Waals surface area contributed by atoms with Gasteiger partial charge in [-0.05, 0) is 41.0 Å². The van der Waals surface area contributed by atoms with Crippen LogP contribution in [0.1, 0.15) is 11.1 Å². The molecule has 0 bridgehead atoms. The van der Waals surface area contributed by atoms with Crippen LogP contribution in [0, 0.1) is 12.7 Å². The number of aryl methyl sites for hydroxylation is 1. The summed E-state index contributed by atoms with van der Waals surface area (Å²) in [7, 11) is 0. The summed E-state index contributed by atoms with van der Waals surface area (Å²) in [6, 6.07) is 9.02. The summed E-state index contributed by atoms with van der Waals surface area (Å²) in [5.74, 6) is -0.207. The highest BCUT2D eigenvalue weighted by molar-refractivity contribution is 5.92. The third kappa shape index (κ3) is 1.31. The van der Waals surface area contributed by atoms with Gasteiger partial charge in [0, 0.05) is 0 Å². The van der Waals surface area contributed by atoms with Crippen molar-refractivity contribution in [1.29, 1.82) is 0 Å². The number of hydrogen-bond acceptors (Lipinski definition) is 0. The smallest absolute Gasteiger partial charge is 0.124 e. The Morgan fingerprint density at radius 3 is 2.71 bits per heavy atom. The van der Waals surface area contributed by atoms with Gasteiger partial charge in [-0.25, -0.2) is 4.39 Å². The van der Waals surface area contributed by atoms with Crippen LogP contribution in [0.3, 0.4) is 0 Å². The summed E-state index contributed by atoms with van der Waals surface area (Å²) in [6.07, 6.45) is 1.69. The van der Waals surface area contributed by atoms with E-state index in [2.05, 4.69) is 6.58 Å². The van der Waals surface area contributed by atoms with Crippen LogP contribution in [-0.4, -0.2) is 0 Å². The maximum absolute atomic E-state index is 13.2. The Morgan fingerprint density at radius 2 is 2.00 bits per heavy atom. The van der Waals surface area contributed by atoms with E-state index in [1.165, 1.54) is 6.07 Å². The fourth-order valence-electron chi connectivity index (χ4n) is 1.70. The second-order valence-electron chi connectivity index (χ2n) is 3.37. The Morgan fingerprint density at radius 1 is 1.21 bits per heavy atom. The summed E-state index contributed by atoms with van der Waals surface area (Å²) in [5, 5.41) is 2.02. The quantitative estimate of drug-likeness (QED) is 0.633. The molecule has 14 heavy (non-hydrogen) atoms. The van der Waals surface area contributed by atoms with Crippen LogP contribution in [0.25, 0.3) is 16.8 Å². The van der Waals surface area contributed by atoms with Crippen LogP contribution in [0.2, 0.25) is 0 Å². The Kier molecular flexibility index (Phi) is 2.08. The van der Waals surface area contributed by atoms with E-state index in [1.54, 1.807) is 12.1 Å². The lowest BCUT2D eigenvalue weighted by Gasteiger charge is -2.05. The second kappa shape index (κ2) is 3.26. The molecule has 0 unspecified atom stereocenters. The molecule has 2 aromatic carbocycles. The van der Waals surface area contributed by atoms with Gasteiger partial charge < -0.3 is 0 Å². The average Bonchev–Trinajstić information content (AvgIpc) is 2.18. The van der Waals surface area contributed by atoms with Crippen LogP contribution in [0.15, 0.2) is 36.9 Å². The molecule has 0 aliphatic carbocycles. The van der Waals surface area contributed by atoms with Gasteiger partial charge in [0.15, 0.2) is 0 Å². The highest BCUT2D eigenvalue weighted by Crippen LogP contribution is 2.24. The summed E-state index contributed by atoms with van der Waals surface area (Å²) in [4.78, 5) is 0. The van der Waals surface area contributed by atoms with E-state index in [9.17, 15) is 4.39 Å². The van der Waals surface area contributed by atoms with Crippen molar-refractivity contribution < 1.29 is 4.39 Å². The number of rotatable bonds is 1. The first-order valence-corrected chi connectivity index (χ1v) is 4.53. The molecular formula is C13H11F. The van der Waals surface area contributed by atoms with Crippen LogP contribution in [0.5, 0.6) is 0 Å². The van der Waals surface area contributed by atoms with Gasteiger partial charge in [0.25, 0.3) is 0 Å². The first-order chi connectivity index (χ1) is 6.72. The summed E-state index contributed by atoms with van der Waals surface area (Å²) in [6.45, 7) is 5.67. The number of halogens is 1. The molecule has 2 rings (SSSR count). The fraction of sp³-hybridized carbons (Fsp3) is 0.0769. The lowest BCUT2D eigenvalue weighted by atomic mass is 10.0. The molecule has 0 aliphatic rings. The molecule has 0 spiro atoms. The van der Waals surface area contributed by atoms with E-state index >= 15 is 0 Å². The monoisotopic (exact) mass is 186 g/mol. The van der Waals surface area contributed by atoms with Crippen LogP contribution in [0.4, 0.5) is 4.39 Å². The van der Waals surface area contributed by atoms with E-state index < -0.39 is 0 Å². The molecule has 0 N–H and O–H groups in total. The Labute approximate surface area is 82.7 Å². The predicted molar refractivity (Wildman–Crippen MR) is 58.7 cm³/mol. The first kappa shape index (κ1) is 8.95. The highest BCUT2D eigenvalue weighted by atomic mass is 19.1. The van der Waals surface area contributed by atoms with Crippen LogP contribution >= 0.6 is 0 Å². The molecule has 0 aliphatic heterocycles. The molecule has 0 saturated carbocycles. The zero-order valence-corrected chi connectivity index (χ0v) is 8.05. The maximum atomic E-state index is 13.2. The molecule has 0 atom stereocenters. The van der Waals surface area contributed by atoms with E-state index in [-0.39, 0.29) is 5.82 Å². The van der Waals surface area contributed by atoms with Gasteiger partial charge >= 0.3 is 0 Å². The van der Waals surface area contributed by atoms with Crippen LogP contribution < -0.4 is 0 Å². The largest absolute Gasteiger partial charge is 0.207 e. The van der Waals surface area contributed by atoms with Gasteiger partial charge in [-0.2, -0.15) is 0 Å².